The van der Waals surface area contributed by atoms with Gasteiger partial charge in [-0.25, -0.2) is 0 Å². The summed E-state index contributed by atoms with van der Waals surface area (Å²) in [6.45, 7) is 1.76. The van der Waals surface area contributed by atoms with Crippen LogP contribution in [-0.2, 0) is 11.2 Å². The van der Waals surface area contributed by atoms with E-state index in [1.165, 1.54) is 0 Å². The van der Waals surface area contributed by atoms with Gasteiger partial charge < -0.3 is 10.4 Å². The zero-order valence-corrected chi connectivity index (χ0v) is 13.3. The highest BCUT2D eigenvalue weighted by molar-refractivity contribution is 6.30. The Morgan fingerprint density at radius 3 is 2.36 bits per heavy atom. The maximum Gasteiger partial charge on any atom is 0.223 e. The Labute approximate surface area is 135 Å². The van der Waals surface area contributed by atoms with Crippen LogP contribution in [-0.4, -0.2) is 17.6 Å². The minimum Gasteiger partial charge on any atom is -0.394 e. The van der Waals surface area contributed by atoms with Gasteiger partial charge in [-0.3, -0.25) is 4.79 Å². The number of halogens is 1. The van der Waals surface area contributed by atoms with E-state index in [9.17, 15) is 9.90 Å². The Bertz CT molecular complexity index is 598. The summed E-state index contributed by atoms with van der Waals surface area (Å²) in [6.07, 6.45) is 0.635. The molecule has 0 bridgehead atoms. The number of aliphatic hydroxyl groups is 1. The van der Waals surface area contributed by atoms with Gasteiger partial charge in [0.25, 0.3) is 0 Å². The van der Waals surface area contributed by atoms with Crippen molar-refractivity contribution in [1.82, 2.24) is 5.32 Å². The first-order valence-corrected chi connectivity index (χ1v) is 7.68. The first-order chi connectivity index (χ1) is 10.6. The van der Waals surface area contributed by atoms with E-state index < -0.39 is 0 Å². The van der Waals surface area contributed by atoms with Crippen LogP contribution in [0.2, 0.25) is 5.02 Å². The number of carbonyl (C=O) groups is 1. The molecule has 1 amide bonds. The summed E-state index contributed by atoms with van der Waals surface area (Å²) in [6, 6.07) is 16.6. The van der Waals surface area contributed by atoms with Crippen LogP contribution in [0.5, 0.6) is 0 Å². The third-order valence-corrected chi connectivity index (χ3v) is 3.86. The molecule has 0 radical (unpaired) electrons. The Kier molecular flexibility index (Phi) is 5.99. The van der Waals surface area contributed by atoms with E-state index in [0.717, 1.165) is 11.1 Å². The topological polar surface area (TPSA) is 49.3 Å². The molecular weight excluding hydrogens is 298 g/mol. The fraction of sp³-hybridized carbons (Fsp3) is 0.278. The van der Waals surface area contributed by atoms with Gasteiger partial charge in [-0.05, 0) is 29.7 Å². The molecule has 22 heavy (non-hydrogen) atoms. The maximum atomic E-state index is 12.3. The molecule has 2 aromatic carbocycles. The van der Waals surface area contributed by atoms with Crippen molar-refractivity contribution in [1.29, 1.82) is 0 Å². The van der Waals surface area contributed by atoms with Crippen molar-refractivity contribution in [2.45, 2.75) is 19.4 Å². The number of rotatable bonds is 6. The van der Waals surface area contributed by atoms with Crippen LogP contribution in [0.25, 0.3) is 0 Å². The molecule has 0 spiro atoms. The average molecular weight is 318 g/mol. The lowest BCUT2D eigenvalue weighted by molar-refractivity contribution is -0.125. The second kappa shape index (κ2) is 7.97. The van der Waals surface area contributed by atoms with Crippen LogP contribution in [0.4, 0.5) is 0 Å². The van der Waals surface area contributed by atoms with E-state index in [1.54, 1.807) is 0 Å². The van der Waals surface area contributed by atoms with Gasteiger partial charge in [-0.1, -0.05) is 61.0 Å². The minimum absolute atomic E-state index is 0.0714. The lowest BCUT2D eigenvalue weighted by Crippen LogP contribution is -2.35. The summed E-state index contributed by atoms with van der Waals surface area (Å²) in [5, 5.41) is 13.1. The molecular formula is C18H20ClNO2. The highest BCUT2D eigenvalue weighted by Crippen LogP contribution is 2.16. The van der Waals surface area contributed by atoms with E-state index in [0.29, 0.717) is 11.4 Å². The average Bonchev–Trinajstić information content (AvgIpc) is 2.55. The van der Waals surface area contributed by atoms with E-state index in [1.807, 2.05) is 61.5 Å². The smallest absolute Gasteiger partial charge is 0.223 e. The molecule has 0 fully saturated rings. The van der Waals surface area contributed by atoms with E-state index in [2.05, 4.69) is 5.32 Å². The Balaban J connectivity index is 1.96. The summed E-state index contributed by atoms with van der Waals surface area (Å²) in [5.41, 5.74) is 1.96. The van der Waals surface area contributed by atoms with Crippen LogP contribution in [0.3, 0.4) is 0 Å². The largest absolute Gasteiger partial charge is 0.394 e. The Morgan fingerprint density at radius 1 is 1.14 bits per heavy atom. The molecule has 4 heteroatoms. The normalized spacial score (nSPS) is 13.4. The van der Waals surface area contributed by atoms with Crippen LogP contribution in [0.15, 0.2) is 54.6 Å². The van der Waals surface area contributed by atoms with Gasteiger partial charge in [0, 0.05) is 10.9 Å². The van der Waals surface area contributed by atoms with Crippen molar-refractivity contribution < 1.29 is 9.90 Å². The molecule has 2 aromatic rings. The van der Waals surface area contributed by atoms with Crippen molar-refractivity contribution in [2.75, 3.05) is 6.61 Å². The molecule has 0 aliphatic carbocycles. The predicted octanol–water partition coefficient (Wildman–Crippen LogP) is 3.37. The zero-order valence-electron chi connectivity index (χ0n) is 12.5. The summed E-state index contributed by atoms with van der Waals surface area (Å²) in [4.78, 5) is 12.3. The maximum absolute atomic E-state index is 12.3. The van der Waals surface area contributed by atoms with E-state index in [-0.39, 0.29) is 24.5 Å². The summed E-state index contributed by atoms with van der Waals surface area (Å²) < 4.78 is 0. The van der Waals surface area contributed by atoms with E-state index in [4.69, 9.17) is 11.6 Å². The molecule has 0 saturated carbocycles. The minimum atomic E-state index is -0.374. The van der Waals surface area contributed by atoms with Gasteiger partial charge in [-0.2, -0.15) is 0 Å². The number of nitrogens with one attached hydrogen (secondary N) is 1. The van der Waals surface area contributed by atoms with Crippen molar-refractivity contribution >= 4 is 17.5 Å². The van der Waals surface area contributed by atoms with Gasteiger partial charge >= 0.3 is 0 Å². The van der Waals surface area contributed by atoms with Gasteiger partial charge in [0.15, 0.2) is 0 Å². The molecule has 2 rings (SSSR count). The SMILES string of the molecule is CC(Cc1ccc(Cl)cc1)C(=O)NC(CO)c1ccccc1. The summed E-state index contributed by atoms with van der Waals surface area (Å²) in [5.74, 6) is -0.253. The fourth-order valence-corrected chi connectivity index (χ4v) is 2.43. The number of hydrogen-bond donors (Lipinski definition) is 2. The van der Waals surface area contributed by atoms with Gasteiger partial charge in [0.1, 0.15) is 0 Å². The number of aliphatic hydroxyl groups excluding tert-OH is 1. The lowest BCUT2D eigenvalue weighted by atomic mass is 9.99. The number of carbonyl (C=O) groups excluding carboxylic acids is 1. The highest BCUT2D eigenvalue weighted by atomic mass is 35.5. The molecule has 116 valence electrons. The van der Waals surface area contributed by atoms with E-state index >= 15 is 0 Å². The zero-order chi connectivity index (χ0) is 15.9. The van der Waals surface area contributed by atoms with Gasteiger partial charge in [-0.15, -0.1) is 0 Å². The summed E-state index contributed by atoms with van der Waals surface area (Å²) in [7, 11) is 0. The Hall–Kier alpha value is -1.84. The number of amides is 1. The molecule has 0 saturated heterocycles. The quantitative estimate of drug-likeness (QED) is 0.858. The highest BCUT2D eigenvalue weighted by Gasteiger charge is 2.18. The number of benzene rings is 2. The molecule has 2 unspecified atom stereocenters. The van der Waals surface area contributed by atoms with Crippen molar-refractivity contribution in [3.63, 3.8) is 0 Å². The van der Waals surface area contributed by atoms with Crippen LogP contribution < -0.4 is 5.32 Å². The van der Waals surface area contributed by atoms with Gasteiger partial charge in [0.2, 0.25) is 5.91 Å². The molecule has 2 N–H and O–H groups in total. The summed E-state index contributed by atoms with van der Waals surface area (Å²) >= 11 is 5.86. The third-order valence-electron chi connectivity index (χ3n) is 3.60. The second-order valence-electron chi connectivity index (χ2n) is 5.39. The standard InChI is InChI=1S/C18H20ClNO2/c1-13(11-14-7-9-16(19)10-8-14)18(22)20-17(12-21)15-5-3-2-4-6-15/h2-10,13,17,21H,11-12H2,1H3,(H,20,22). The van der Waals surface area contributed by atoms with Crippen LogP contribution in [0.1, 0.15) is 24.1 Å². The third kappa shape index (κ3) is 4.58. The predicted molar refractivity (Wildman–Crippen MR) is 88.7 cm³/mol. The fourth-order valence-electron chi connectivity index (χ4n) is 2.30. The first kappa shape index (κ1) is 16.5. The number of hydrogen-bond acceptors (Lipinski definition) is 2. The monoisotopic (exact) mass is 317 g/mol. The molecule has 0 heterocycles. The van der Waals surface area contributed by atoms with Crippen molar-refractivity contribution in [3.8, 4) is 0 Å². The first-order valence-electron chi connectivity index (χ1n) is 7.30. The lowest BCUT2D eigenvalue weighted by Gasteiger charge is -2.19. The van der Waals surface area contributed by atoms with Crippen LogP contribution in [0, 0.1) is 5.92 Å². The van der Waals surface area contributed by atoms with Crippen molar-refractivity contribution in [3.05, 3.63) is 70.7 Å². The Morgan fingerprint density at radius 2 is 1.77 bits per heavy atom. The molecule has 0 aromatic heterocycles. The van der Waals surface area contributed by atoms with Gasteiger partial charge in [0.05, 0.1) is 12.6 Å². The molecule has 2 atom stereocenters. The molecule has 3 nitrogen and oxygen atoms in total. The van der Waals surface area contributed by atoms with Crippen molar-refractivity contribution in [2.24, 2.45) is 5.92 Å². The van der Waals surface area contributed by atoms with Crippen LogP contribution >= 0.6 is 11.6 Å². The molecule has 0 aliphatic rings. The second-order valence-corrected chi connectivity index (χ2v) is 5.82. The molecule has 0 aliphatic heterocycles.